The van der Waals surface area contributed by atoms with Crippen molar-refractivity contribution >= 4 is 15.9 Å². The van der Waals surface area contributed by atoms with Gasteiger partial charge in [-0.05, 0) is 43.8 Å². The van der Waals surface area contributed by atoms with Crippen LogP contribution in [0.3, 0.4) is 0 Å². The lowest BCUT2D eigenvalue weighted by molar-refractivity contribution is 0.261. The van der Waals surface area contributed by atoms with Gasteiger partial charge in [-0.25, -0.2) is 0 Å². The topological polar surface area (TPSA) is 12.5 Å². The summed E-state index contributed by atoms with van der Waals surface area (Å²) >= 11 is 3.56. The van der Waals surface area contributed by atoms with Gasteiger partial charge in [-0.1, -0.05) is 29.8 Å². The zero-order chi connectivity index (χ0) is 12.1. The smallest absolute Gasteiger partial charge is 0.119 e. The second-order valence-corrected chi connectivity index (χ2v) is 5.34. The van der Waals surface area contributed by atoms with Crippen LogP contribution in [0.1, 0.15) is 25.3 Å². The molecule has 0 amide bonds. The van der Waals surface area contributed by atoms with Crippen molar-refractivity contribution in [1.82, 2.24) is 4.90 Å². The molecule has 2 nitrogen and oxygen atoms in total. The van der Waals surface area contributed by atoms with E-state index < -0.39 is 0 Å². The number of hydrogen-bond acceptors (Lipinski definition) is 2. The average molecular weight is 286 g/mol. The molecule has 0 heterocycles. The average Bonchev–Trinajstić information content (AvgIpc) is 2.19. The van der Waals surface area contributed by atoms with Crippen molar-refractivity contribution in [3.8, 4) is 5.75 Å². The van der Waals surface area contributed by atoms with Crippen LogP contribution in [0.25, 0.3) is 0 Å². The molecule has 0 saturated heterocycles. The first-order valence-electron chi connectivity index (χ1n) is 5.57. The highest BCUT2D eigenvalue weighted by molar-refractivity contribution is 9.10. The zero-order valence-electron chi connectivity index (χ0n) is 10.5. The Kier molecular flexibility index (Phi) is 5.29. The maximum absolute atomic E-state index is 5.70. The van der Waals surface area contributed by atoms with Crippen molar-refractivity contribution in [2.24, 2.45) is 0 Å². The summed E-state index contributed by atoms with van der Waals surface area (Å²) in [5, 5.41) is 0. The molecule has 0 aliphatic carbocycles. The van der Waals surface area contributed by atoms with E-state index in [1.54, 1.807) is 0 Å². The molecule has 0 N–H and O–H groups in total. The van der Waals surface area contributed by atoms with Crippen LogP contribution in [0.15, 0.2) is 22.7 Å². The van der Waals surface area contributed by atoms with Gasteiger partial charge in [-0.15, -0.1) is 0 Å². The molecule has 3 heteroatoms. The van der Waals surface area contributed by atoms with E-state index in [0.717, 1.165) is 23.4 Å². The molecular formula is C13H20BrNO. The van der Waals surface area contributed by atoms with Gasteiger partial charge in [0.05, 0.1) is 0 Å². The molecule has 0 saturated carbocycles. The van der Waals surface area contributed by atoms with E-state index in [1.165, 1.54) is 5.56 Å². The van der Waals surface area contributed by atoms with Crippen LogP contribution in [0.2, 0.25) is 0 Å². The van der Waals surface area contributed by atoms with Crippen LogP contribution in [0.4, 0.5) is 0 Å². The van der Waals surface area contributed by atoms with Crippen LogP contribution in [0, 0.1) is 0 Å². The summed E-state index contributed by atoms with van der Waals surface area (Å²) in [6.45, 7) is 6.03. The Morgan fingerprint density at radius 1 is 1.31 bits per heavy atom. The second kappa shape index (κ2) is 6.26. The number of hydrogen-bond donors (Lipinski definition) is 0. The van der Waals surface area contributed by atoms with Gasteiger partial charge in [0.1, 0.15) is 12.4 Å². The standard InChI is InChI=1S/C13H20BrNO/c1-10(2)12-9-11(5-6-13(12)14)16-8-7-15(3)4/h5-6,9-10H,7-8H2,1-4H3. The third kappa shape index (κ3) is 4.14. The van der Waals surface area contributed by atoms with E-state index in [-0.39, 0.29) is 0 Å². The van der Waals surface area contributed by atoms with Crippen molar-refractivity contribution in [1.29, 1.82) is 0 Å². The first kappa shape index (κ1) is 13.5. The number of halogens is 1. The Morgan fingerprint density at radius 3 is 2.56 bits per heavy atom. The van der Waals surface area contributed by atoms with Crippen molar-refractivity contribution in [3.63, 3.8) is 0 Å². The minimum absolute atomic E-state index is 0.506. The summed E-state index contributed by atoms with van der Waals surface area (Å²) in [6.07, 6.45) is 0. The molecule has 0 aromatic heterocycles. The molecule has 90 valence electrons. The van der Waals surface area contributed by atoms with E-state index >= 15 is 0 Å². The molecular weight excluding hydrogens is 266 g/mol. The van der Waals surface area contributed by atoms with E-state index in [1.807, 2.05) is 20.2 Å². The lowest BCUT2D eigenvalue weighted by Gasteiger charge is -2.14. The van der Waals surface area contributed by atoms with Crippen molar-refractivity contribution in [2.75, 3.05) is 27.2 Å². The van der Waals surface area contributed by atoms with Crippen molar-refractivity contribution < 1.29 is 4.74 Å². The first-order chi connectivity index (χ1) is 7.50. The van der Waals surface area contributed by atoms with Gasteiger partial charge in [0.2, 0.25) is 0 Å². The highest BCUT2D eigenvalue weighted by Gasteiger charge is 2.06. The largest absolute Gasteiger partial charge is 0.492 e. The predicted molar refractivity (Wildman–Crippen MR) is 72.3 cm³/mol. The lowest BCUT2D eigenvalue weighted by atomic mass is 10.0. The monoisotopic (exact) mass is 285 g/mol. The molecule has 1 rings (SSSR count). The summed E-state index contributed by atoms with van der Waals surface area (Å²) in [6, 6.07) is 6.18. The van der Waals surface area contributed by atoms with Crippen LogP contribution in [-0.4, -0.2) is 32.1 Å². The van der Waals surface area contributed by atoms with Gasteiger partial charge in [-0.3, -0.25) is 0 Å². The maximum atomic E-state index is 5.70. The van der Waals surface area contributed by atoms with Gasteiger partial charge < -0.3 is 9.64 Å². The van der Waals surface area contributed by atoms with Crippen LogP contribution >= 0.6 is 15.9 Å². The third-order valence-corrected chi connectivity index (χ3v) is 3.12. The highest BCUT2D eigenvalue weighted by Crippen LogP contribution is 2.28. The maximum Gasteiger partial charge on any atom is 0.119 e. The normalized spacial score (nSPS) is 11.2. The fourth-order valence-corrected chi connectivity index (χ4v) is 2.10. The third-order valence-electron chi connectivity index (χ3n) is 2.40. The van der Waals surface area contributed by atoms with E-state index in [4.69, 9.17) is 4.74 Å². The van der Waals surface area contributed by atoms with Gasteiger partial charge in [0.15, 0.2) is 0 Å². The molecule has 0 aliphatic heterocycles. The highest BCUT2D eigenvalue weighted by atomic mass is 79.9. The number of benzene rings is 1. The fraction of sp³-hybridized carbons (Fsp3) is 0.538. The summed E-state index contributed by atoms with van der Waals surface area (Å²) < 4.78 is 6.86. The Balaban J connectivity index is 2.64. The molecule has 1 aromatic carbocycles. The second-order valence-electron chi connectivity index (χ2n) is 4.49. The molecule has 16 heavy (non-hydrogen) atoms. The number of rotatable bonds is 5. The predicted octanol–water partition coefficient (Wildman–Crippen LogP) is 3.51. The SMILES string of the molecule is CC(C)c1cc(OCCN(C)C)ccc1Br. The number of likely N-dealkylation sites (N-methyl/N-ethyl adjacent to an activating group) is 1. The lowest BCUT2D eigenvalue weighted by Crippen LogP contribution is -2.19. The fourth-order valence-electron chi connectivity index (χ4n) is 1.40. The minimum atomic E-state index is 0.506. The molecule has 0 unspecified atom stereocenters. The van der Waals surface area contributed by atoms with E-state index in [0.29, 0.717) is 5.92 Å². The number of ether oxygens (including phenoxy) is 1. The Labute approximate surface area is 107 Å². The summed E-state index contributed by atoms with van der Waals surface area (Å²) in [4.78, 5) is 2.11. The molecule has 0 bridgehead atoms. The zero-order valence-corrected chi connectivity index (χ0v) is 12.0. The molecule has 0 spiro atoms. The Hall–Kier alpha value is -0.540. The summed E-state index contributed by atoms with van der Waals surface area (Å²) in [7, 11) is 4.09. The van der Waals surface area contributed by atoms with Crippen molar-refractivity contribution in [3.05, 3.63) is 28.2 Å². The minimum Gasteiger partial charge on any atom is -0.492 e. The molecule has 1 aromatic rings. The van der Waals surface area contributed by atoms with Gasteiger partial charge in [0, 0.05) is 11.0 Å². The summed E-state index contributed by atoms with van der Waals surface area (Å²) in [5.41, 5.74) is 1.29. The molecule has 0 aliphatic rings. The first-order valence-corrected chi connectivity index (χ1v) is 6.37. The Morgan fingerprint density at radius 2 is 2.00 bits per heavy atom. The van der Waals surface area contributed by atoms with Gasteiger partial charge in [0.25, 0.3) is 0 Å². The molecule has 0 radical (unpaired) electrons. The summed E-state index contributed by atoms with van der Waals surface area (Å²) in [5.74, 6) is 1.46. The van der Waals surface area contributed by atoms with Gasteiger partial charge >= 0.3 is 0 Å². The molecule has 0 fully saturated rings. The Bertz CT molecular complexity index is 337. The van der Waals surface area contributed by atoms with Crippen LogP contribution in [0.5, 0.6) is 5.75 Å². The van der Waals surface area contributed by atoms with E-state index in [2.05, 4.69) is 46.8 Å². The molecule has 0 atom stereocenters. The van der Waals surface area contributed by atoms with Crippen LogP contribution in [-0.2, 0) is 0 Å². The number of nitrogens with zero attached hydrogens (tertiary/aromatic N) is 1. The van der Waals surface area contributed by atoms with Crippen LogP contribution < -0.4 is 4.74 Å². The van der Waals surface area contributed by atoms with Gasteiger partial charge in [-0.2, -0.15) is 0 Å². The van der Waals surface area contributed by atoms with Crippen molar-refractivity contribution in [2.45, 2.75) is 19.8 Å². The van der Waals surface area contributed by atoms with E-state index in [9.17, 15) is 0 Å². The quantitative estimate of drug-likeness (QED) is 0.821.